The van der Waals surface area contributed by atoms with Crippen molar-refractivity contribution in [2.45, 2.75) is 25.2 Å². The van der Waals surface area contributed by atoms with Gasteiger partial charge in [0.1, 0.15) is 5.75 Å². The summed E-state index contributed by atoms with van der Waals surface area (Å²) in [4.78, 5) is 12.4. The van der Waals surface area contributed by atoms with Gasteiger partial charge >= 0.3 is 6.03 Å². The van der Waals surface area contributed by atoms with E-state index in [2.05, 4.69) is 16.7 Å². The van der Waals surface area contributed by atoms with Gasteiger partial charge in [-0.05, 0) is 43.5 Å². The maximum Gasteiger partial charge on any atom is 0.319 e. The topological polar surface area (TPSA) is 59.6 Å². The molecule has 1 fully saturated rings. The molecule has 1 aliphatic rings. The second kappa shape index (κ2) is 8.23. The molecule has 0 saturated carbocycles. The van der Waals surface area contributed by atoms with Crippen LogP contribution in [0.2, 0.25) is 0 Å². The Morgan fingerprint density at radius 2 is 1.92 bits per heavy atom. The number of hydrogen-bond donors (Lipinski definition) is 2. The molecule has 3 rings (SSSR count). The van der Waals surface area contributed by atoms with Crippen molar-refractivity contribution in [3.63, 3.8) is 0 Å². The van der Waals surface area contributed by atoms with Gasteiger partial charge in [-0.15, -0.1) is 0 Å². The SMILES string of the molecule is COc1ccccc1C1(CNC(=O)Nc2cccc(C)c2)CCOCC1. The highest BCUT2D eigenvalue weighted by atomic mass is 16.5. The molecular weight excluding hydrogens is 328 g/mol. The van der Waals surface area contributed by atoms with Crippen LogP contribution >= 0.6 is 0 Å². The monoisotopic (exact) mass is 354 g/mol. The fourth-order valence-electron chi connectivity index (χ4n) is 3.53. The maximum atomic E-state index is 12.4. The number of carbonyl (C=O) groups excluding carboxylic acids is 1. The fraction of sp³-hybridized carbons (Fsp3) is 0.381. The highest BCUT2D eigenvalue weighted by Crippen LogP contribution is 2.39. The van der Waals surface area contributed by atoms with Gasteiger partial charge in [-0.25, -0.2) is 4.79 Å². The Bertz CT molecular complexity index is 754. The summed E-state index contributed by atoms with van der Waals surface area (Å²) in [7, 11) is 1.68. The van der Waals surface area contributed by atoms with Crippen LogP contribution in [-0.2, 0) is 10.2 Å². The number of amides is 2. The molecule has 2 N–H and O–H groups in total. The highest BCUT2D eigenvalue weighted by Gasteiger charge is 2.37. The molecule has 0 bridgehead atoms. The summed E-state index contributed by atoms with van der Waals surface area (Å²) in [5, 5.41) is 5.96. The molecular formula is C21H26N2O3. The van der Waals surface area contributed by atoms with E-state index < -0.39 is 0 Å². The van der Waals surface area contributed by atoms with E-state index in [-0.39, 0.29) is 11.4 Å². The van der Waals surface area contributed by atoms with E-state index in [1.54, 1.807) is 7.11 Å². The molecule has 0 spiro atoms. The summed E-state index contributed by atoms with van der Waals surface area (Å²) in [5.41, 5.74) is 2.84. The first-order valence-corrected chi connectivity index (χ1v) is 8.96. The summed E-state index contributed by atoms with van der Waals surface area (Å²) >= 11 is 0. The zero-order chi connectivity index (χ0) is 18.4. The standard InChI is InChI=1S/C21H26N2O3/c1-16-6-5-7-17(14-16)23-20(24)22-15-21(10-12-26-13-11-21)18-8-3-4-9-19(18)25-2/h3-9,14H,10-13,15H2,1-2H3,(H2,22,23,24). The van der Waals surface area contributed by atoms with Crippen molar-refractivity contribution in [3.05, 3.63) is 59.7 Å². The van der Waals surface area contributed by atoms with Crippen LogP contribution in [-0.4, -0.2) is 32.9 Å². The van der Waals surface area contributed by atoms with Gasteiger partial charge in [0, 0.05) is 36.4 Å². The van der Waals surface area contributed by atoms with Crippen LogP contribution in [0.3, 0.4) is 0 Å². The Balaban J connectivity index is 1.73. The number of carbonyl (C=O) groups is 1. The number of benzene rings is 2. The predicted molar refractivity (Wildman–Crippen MR) is 103 cm³/mol. The summed E-state index contributed by atoms with van der Waals surface area (Å²) in [5.74, 6) is 0.857. The molecule has 138 valence electrons. The van der Waals surface area contributed by atoms with Gasteiger partial charge in [-0.3, -0.25) is 0 Å². The first-order chi connectivity index (χ1) is 12.6. The molecule has 0 atom stereocenters. The highest BCUT2D eigenvalue weighted by molar-refractivity contribution is 5.89. The van der Waals surface area contributed by atoms with Crippen molar-refractivity contribution in [3.8, 4) is 5.75 Å². The van der Waals surface area contributed by atoms with Crippen molar-refractivity contribution in [1.82, 2.24) is 5.32 Å². The molecule has 2 aromatic carbocycles. The molecule has 2 aromatic rings. The molecule has 0 aliphatic carbocycles. The first kappa shape index (κ1) is 18.3. The Kier molecular flexibility index (Phi) is 5.78. The third-order valence-electron chi connectivity index (χ3n) is 4.99. The second-order valence-electron chi connectivity index (χ2n) is 6.77. The normalized spacial score (nSPS) is 15.9. The van der Waals surface area contributed by atoms with Crippen LogP contribution in [0, 0.1) is 6.92 Å². The van der Waals surface area contributed by atoms with Crippen molar-refractivity contribution >= 4 is 11.7 Å². The number of ether oxygens (including phenoxy) is 2. The van der Waals surface area contributed by atoms with Gasteiger partial charge in [-0.1, -0.05) is 30.3 Å². The molecule has 5 heteroatoms. The Hall–Kier alpha value is -2.53. The number of para-hydroxylation sites is 1. The molecule has 0 unspecified atom stereocenters. The lowest BCUT2D eigenvalue weighted by Gasteiger charge is -2.38. The van der Waals surface area contributed by atoms with Gasteiger partial charge in [0.25, 0.3) is 0 Å². The van der Waals surface area contributed by atoms with E-state index in [4.69, 9.17) is 9.47 Å². The quantitative estimate of drug-likeness (QED) is 0.857. The average Bonchev–Trinajstić information content (AvgIpc) is 2.67. The zero-order valence-electron chi connectivity index (χ0n) is 15.4. The molecule has 0 radical (unpaired) electrons. The summed E-state index contributed by atoms with van der Waals surface area (Å²) in [6.07, 6.45) is 1.69. The van der Waals surface area contributed by atoms with E-state index in [0.717, 1.165) is 35.4 Å². The maximum absolute atomic E-state index is 12.4. The van der Waals surface area contributed by atoms with Gasteiger partial charge in [0.15, 0.2) is 0 Å². The van der Waals surface area contributed by atoms with Crippen molar-refractivity contribution < 1.29 is 14.3 Å². The van der Waals surface area contributed by atoms with Crippen LogP contribution in [0.15, 0.2) is 48.5 Å². The van der Waals surface area contributed by atoms with Crippen molar-refractivity contribution in [1.29, 1.82) is 0 Å². The lowest BCUT2D eigenvalue weighted by atomic mass is 9.73. The Labute approximate surface area is 154 Å². The average molecular weight is 354 g/mol. The number of rotatable bonds is 5. The number of nitrogens with one attached hydrogen (secondary N) is 2. The minimum absolute atomic E-state index is 0.186. The lowest BCUT2D eigenvalue weighted by Crippen LogP contribution is -2.45. The summed E-state index contributed by atoms with van der Waals surface area (Å²) in [6, 6.07) is 15.6. The zero-order valence-corrected chi connectivity index (χ0v) is 15.4. The van der Waals surface area contributed by atoms with E-state index in [1.165, 1.54) is 0 Å². The molecule has 1 saturated heterocycles. The summed E-state index contributed by atoms with van der Waals surface area (Å²) < 4.78 is 11.1. The van der Waals surface area contributed by atoms with Crippen LogP contribution in [0.1, 0.15) is 24.0 Å². The summed E-state index contributed by atoms with van der Waals surface area (Å²) in [6.45, 7) is 3.90. The largest absolute Gasteiger partial charge is 0.496 e. The van der Waals surface area contributed by atoms with E-state index in [9.17, 15) is 4.79 Å². The molecule has 5 nitrogen and oxygen atoms in total. The second-order valence-corrected chi connectivity index (χ2v) is 6.77. The molecule has 0 aromatic heterocycles. The first-order valence-electron chi connectivity index (χ1n) is 8.96. The number of urea groups is 1. The van der Waals surface area contributed by atoms with Crippen LogP contribution in [0.4, 0.5) is 10.5 Å². The minimum Gasteiger partial charge on any atom is -0.496 e. The van der Waals surface area contributed by atoms with Crippen LogP contribution in [0.5, 0.6) is 5.75 Å². The smallest absolute Gasteiger partial charge is 0.319 e. The number of hydrogen-bond acceptors (Lipinski definition) is 3. The lowest BCUT2D eigenvalue weighted by molar-refractivity contribution is 0.0500. The van der Waals surface area contributed by atoms with E-state index >= 15 is 0 Å². The fourth-order valence-corrected chi connectivity index (χ4v) is 3.53. The Morgan fingerprint density at radius 1 is 1.15 bits per heavy atom. The minimum atomic E-state index is -0.198. The molecule has 26 heavy (non-hydrogen) atoms. The van der Waals surface area contributed by atoms with E-state index in [1.807, 2.05) is 49.4 Å². The van der Waals surface area contributed by atoms with Crippen molar-refractivity contribution in [2.75, 3.05) is 32.2 Å². The molecule has 2 amide bonds. The van der Waals surface area contributed by atoms with Crippen LogP contribution < -0.4 is 15.4 Å². The van der Waals surface area contributed by atoms with Crippen LogP contribution in [0.25, 0.3) is 0 Å². The van der Waals surface area contributed by atoms with Gasteiger partial charge in [0.05, 0.1) is 7.11 Å². The van der Waals surface area contributed by atoms with E-state index in [0.29, 0.717) is 19.8 Å². The molecule has 1 heterocycles. The van der Waals surface area contributed by atoms with Gasteiger partial charge in [0.2, 0.25) is 0 Å². The number of methoxy groups -OCH3 is 1. The third kappa shape index (κ3) is 4.17. The predicted octanol–water partition coefficient (Wildman–Crippen LogP) is 3.87. The van der Waals surface area contributed by atoms with Crippen molar-refractivity contribution in [2.24, 2.45) is 0 Å². The third-order valence-corrected chi connectivity index (χ3v) is 4.99. The Morgan fingerprint density at radius 3 is 2.65 bits per heavy atom. The number of aryl methyl sites for hydroxylation is 1. The van der Waals surface area contributed by atoms with Gasteiger partial charge < -0.3 is 20.1 Å². The van der Waals surface area contributed by atoms with Gasteiger partial charge in [-0.2, -0.15) is 0 Å². The molecule has 1 aliphatic heterocycles. The number of anilines is 1.